The summed E-state index contributed by atoms with van der Waals surface area (Å²) in [6, 6.07) is 9.43. The predicted octanol–water partition coefficient (Wildman–Crippen LogP) is 3.33. The minimum Gasteiger partial charge on any atom is -0.465 e. The Morgan fingerprint density at radius 3 is 2.65 bits per heavy atom. The van der Waals surface area contributed by atoms with E-state index in [-0.39, 0.29) is 18.7 Å². The van der Waals surface area contributed by atoms with Gasteiger partial charge in [0.1, 0.15) is 11.1 Å². The molecule has 0 radical (unpaired) electrons. The van der Waals surface area contributed by atoms with Gasteiger partial charge in [-0.25, -0.2) is 13.8 Å². The van der Waals surface area contributed by atoms with Gasteiger partial charge in [0.05, 0.1) is 36.7 Å². The van der Waals surface area contributed by atoms with Crippen molar-refractivity contribution in [1.82, 2.24) is 29.4 Å². The van der Waals surface area contributed by atoms with Crippen LogP contribution < -0.4 is 15.6 Å². The number of hydrogen-bond acceptors (Lipinski definition) is 6. The van der Waals surface area contributed by atoms with E-state index < -0.39 is 23.1 Å². The number of rotatable bonds is 7. The quantitative estimate of drug-likeness (QED) is 0.365. The zero-order chi connectivity index (χ0) is 26.1. The molecular formula is C26H22F2N6O3. The lowest BCUT2D eigenvalue weighted by molar-refractivity contribution is 0.0948. The van der Waals surface area contributed by atoms with Gasteiger partial charge in [-0.2, -0.15) is 4.98 Å². The summed E-state index contributed by atoms with van der Waals surface area (Å²) < 4.78 is 35.4. The van der Waals surface area contributed by atoms with Crippen molar-refractivity contribution in [1.29, 1.82) is 0 Å². The normalized spacial score (nSPS) is 11.2. The number of pyridine rings is 1. The van der Waals surface area contributed by atoms with Crippen molar-refractivity contribution in [3.63, 3.8) is 0 Å². The maximum absolute atomic E-state index is 13.5. The molecule has 5 rings (SSSR count). The van der Waals surface area contributed by atoms with E-state index in [0.717, 1.165) is 34.1 Å². The van der Waals surface area contributed by atoms with E-state index in [0.29, 0.717) is 23.7 Å². The summed E-state index contributed by atoms with van der Waals surface area (Å²) in [7, 11) is 1.86. The standard InChI is InChI=1S/C26H22F2N6O3/c1-3-37-26-32-22-12-30-21-7-5-15(8-17(21)23(22)33(26)2)10-31-24(35)18-11-29-14-34(25(18)36)13-16-4-6-19(27)20(28)9-16/h4-9,11-12,14H,3,10,13H2,1-2H3,(H,31,35). The van der Waals surface area contributed by atoms with E-state index in [1.165, 1.54) is 23.2 Å². The first-order chi connectivity index (χ1) is 17.9. The Kier molecular flexibility index (Phi) is 6.34. The number of hydrogen-bond donors (Lipinski definition) is 1. The Hall–Kier alpha value is -4.67. The number of aryl methyl sites for hydroxylation is 1. The van der Waals surface area contributed by atoms with Gasteiger partial charge in [0.15, 0.2) is 11.6 Å². The average molecular weight is 504 g/mol. The summed E-state index contributed by atoms with van der Waals surface area (Å²) in [4.78, 5) is 38.6. The van der Waals surface area contributed by atoms with Crippen LogP contribution in [0.1, 0.15) is 28.4 Å². The van der Waals surface area contributed by atoms with Crippen LogP contribution in [0.3, 0.4) is 0 Å². The highest BCUT2D eigenvalue weighted by atomic mass is 19.2. The SMILES string of the molecule is CCOc1nc2cnc3ccc(CNC(=O)c4cncn(Cc5ccc(F)c(F)c5)c4=O)cc3c2n1C. The van der Waals surface area contributed by atoms with Crippen LogP contribution in [-0.4, -0.2) is 36.6 Å². The van der Waals surface area contributed by atoms with Crippen LogP contribution in [0.2, 0.25) is 0 Å². The first-order valence-corrected chi connectivity index (χ1v) is 11.5. The molecule has 0 atom stereocenters. The van der Waals surface area contributed by atoms with Crippen LogP contribution in [-0.2, 0) is 20.1 Å². The summed E-state index contributed by atoms with van der Waals surface area (Å²) in [5.74, 6) is -2.60. The fraction of sp³-hybridized carbons (Fsp3) is 0.192. The van der Waals surface area contributed by atoms with Crippen LogP contribution >= 0.6 is 0 Å². The van der Waals surface area contributed by atoms with Crippen LogP contribution in [0, 0.1) is 11.6 Å². The van der Waals surface area contributed by atoms with Crippen molar-refractivity contribution in [2.75, 3.05) is 6.61 Å². The number of halogens is 2. The lowest BCUT2D eigenvalue weighted by atomic mass is 10.1. The summed E-state index contributed by atoms with van der Waals surface area (Å²) in [5.41, 5.74) is 2.70. The minimum atomic E-state index is -1.02. The first kappa shape index (κ1) is 24.0. The summed E-state index contributed by atoms with van der Waals surface area (Å²) in [6.45, 7) is 2.46. The molecular weight excluding hydrogens is 482 g/mol. The maximum Gasteiger partial charge on any atom is 0.297 e. The summed E-state index contributed by atoms with van der Waals surface area (Å²) >= 11 is 0. The van der Waals surface area contributed by atoms with Gasteiger partial charge in [-0.15, -0.1) is 0 Å². The molecule has 1 N–H and O–H groups in total. The number of ether oxygens (including phenoxy) is 1. The first-order valence-electron chi connectivity index (χ1n) is 11.5. The smallest absolute Gasteiger partial charge is 0.297 e. The Bertz CT molecular complexity index is 1710. The highest BCUT2D eigenvalue weighted by molar-refractivity contribution is 6.02. The minimum absolute atomic E-state index is 0.0632. The molecule has 0 unspecified atom stereocenters. The lowest BCUT2D eigenvalue weighted by Gasteiger charge is -2.10. The number of benzene rings is 2. The Morgan fingerprint density at radius 2 is 1.86 bits per heavy atom. The molecule has 37 heavy (non-hydrogen) atoms. The molecule has 0 aliphatic carbocycles. The van der Waals surface area contributed by atoms with Gasteiger partial charge in [0.25, 0.3) is 17.5 Å². The number of aromatic nitrogens is 5. The fourth-order valence-corrected chi connectivity index (χ4v) is 4.12. The largest absolute Gasteiger partial charge is 0.465 e. The average Bonchev–Trinajstić information content (AvgIpc) is 3.21. The van der Waals surface area contributed by atoms with Gasteiger partial charge in [0.2, 0.25) is 0 Å². The Morgan fingerprint density at radius 1 is 1.05 bits per heavy atom. The van der Waals surface area contributed by atoms with E-state index in [1.54, 1.807) is 6.20 Å². The van der Waals surface area contributed by atoms with E-state index in [4.69, 9.17) is 4.74 Å². The van der Waals surface area contributed by atoms with Gasteiger partial charge < -0.3 is 10.1 Å². The molecule has 2 aromatic carbocycles. The zero-order valence-corrected chi connectivity index (χ0v) is 20.0. The van der Waals surface area contributed by atoms with Crippen molar-refractivity contribution in [2.24, 2.45) is 7.05 Å². The van der Waals surface area contributed by atoms with Crippen LogP contribution in [0.5, 0.6) is 6.01 Å². The van der Waals surface area contributed by atoms with Crippen LogP contribution in [0.25, 0.3) is 21.9 Å². The topological polar surface area (TPSA) is 104 Å². The van der Waals surface area contributed by atoms with Gasteiger partial charge in [-0.3, -0.25) is 23.7 Å². The van der Waals surface area contributed by atoms with Crippen molar-refractivity contribution in [3.05, 3.63) is 93.8 Å². The third-order valence-corrected chi connectivity index (χ3v) is 5.93. The molecule has 0 saturated heterocycles. The molecule has 0 saturated carbocycles. The van der Waals surface area contributed by atoms with Gasteiger partial charge in [-0.1, -0.05) is 12.1 Å². The number of fused-ring (bicyclic) bond motifs is 3. The Balaban J connectivity index is 1.37. The third kappa shape index (κ3) is 4.63. The second kappa shape index (κ2) is 9.76. The summed E-state index contributed by atoms with van der Waals surface area (Å²) in [5, 5.41) is 3.59. The highest BCUT2D eigenvalue weighted by Gasteiger charge is 2.16. The van der Waals surface area contributed by atoms with Crippen molar-refractivity contribution in [2.45, 2.75) is 20.0 Å². The molecule has 3 heterocycles. The second-order valence-electron chi connectivity index (χ2n) is 8.40. The maximum atomic E-state index is 13.5. The third-order valence-electron chi connectivity index (χ3n) is 5.93. The van der Waals surface area contributed by atoms with E-state index >= 15 is 0 Å². The lowest BCUT2D eigenvalue weighted by Crippen LogP contribution is -2.33. The molecule has 0 fully saturated rings. The van der Waals surface area contributed by atoms with Crippen molar-refractivity contribution >= 4 is 27.8 Å². The molecule has 0 aliphatic rings. The van der Waals surface area contributed by atoms with Crippen molar-refractivity contribution < 1.29 is 18.3 Å². The molecule has 0 aliphatic heterocycles. The molecule has 11 heteroatoms. The molecule has 3 aromatic heterocycles. The number of carbonyl (C=O) groups is 1. The summed E-state index contributed by atoms with van der Waals surface area (Å²) in [6.07, 6.45) is 4.11. The fourth-order valence-electron chi connectivity index (χ4n) is 4.12. The number of nitrogens with one attached hydrogen (secondary N) is 1. The van der Waals surface area contributed by atoms with Gasteiger partial charge in [0, 0.05) is 25.2 Å². The van der Waals surface area contributed by atoms with E-state index in [1.807, 2.05) is 36.7 Å². The monoisotopic (exact) mass is 504 g/mol. The zero-order valence-electron chi connectivity index (χ0n) is 20.0. The van der Waals surface area contributed by atoms with Gasteiger partial charge >= 0.3 is 0 Å². The second-order valence-corrected chi connectivity index (χ2v) is 8.40. The van der Waals surface area contributed by atoms with Crippen LogP contribution in [0.15, 0.2) is 59.9 Å². The molecule has 0 spiro atoms. The van der Waals surface area contributed by atoms with E-state index in [9.17, 15) is 18.4 Å². The molecule has 5 aromatic rings. The van der Waals surface area contributed by atoms with E-state index in [2.05, 4.69) is 20.3 Å². The molecule has 188 valence electrons. The van der Waals surface area contributed by atoms with Gasteiger partial charge in [-0.05, 0) is 42.3 Å². The number of nitrogens with zero attached hydrogens (tertiary/aromatic N) is 5. The molecule has 9 nitrogen and oxygen atoms in total. The highest BCUT2D eigenvalue weighted by Crippen LogP contribution is 2.27. The number of amides is 1. The molecule has 0 bridgehead atoms. The number of imidazole rings is 1. The molecule has 1 amide bonds. The Labute approximate surface area is 209 Å². The predicted molar refractivity (Wildman–Crippen MR) is 132 cm³/mol. The number of carbonyl (C=O) groups excluding carboxylic acids is 1. The van der Waals surface area contributed by atoms with Crippen LogP contribution in [0.4, 0.5) is 8.78 Å². The van der Waals surface area contributed by atoms with Crippen molar-refractivity contribution in [3.8, 4) is 6.01 Å².